The highest BCUT2D eigenvalue weighted by Crippen LogP contribution is 2.27. The summed E-state index contributed by atoms with van der Waals surface area (Å²) in [4.78, 5) is 26.9. The number of carbonyl (C=O) groups is 2. The number of amides is 1. The summed E-state index contributed by atoms with van der Waals surface area (Å²) in [6, 6.07) is 17.3. The predicted octanol–water partition coefficient (Wildman–Crippen LogP) is 2.86. The van der Waals surface area contributed by atoms with Gasteiger partial charge in [0.1, 0.15) is 11.3 Å². The number of ether oxygens (including phenoxy) is 2. The number of para-hydroxylation sites is 1. The van der Waals surface area contributed by atoms with Gasteiger partial charge in [0.05, 0.1) is 18.9 Å². The van der Waals surface area contributed by atoms with Gasteiger partial charge in [0.15, 0.2) is 6.61 Å². The maximum atomic E-state index is 12.9. The van der Waals surface area contributed by atoms with Gasteiger partial charge in [0, 0.05) is 24.8 Å². The molecule has 0 radical (unpaired) electrons. The van der Waals surface area contributed by atoms with Crippen LogP contribution in [0.25, 0.3) is 16.9 Å². The summed E-state index contributed by atoms with van der Waals surface area (Å²) in [5.74, 6) is -0.795. The van der Waals surface area contributed by atoms with E-state index in [-0.39, 0.29) is 12.5 Å². The Labute approximate surface area is 174 Å². The Balaban J connectivity index is 1.60. The maximum Gasteiger partial charge on any atom is 0.342 e. The van der Waals surface area contributed by atoms with E-state index in [1.807, 2.05) is 61.5 Å². The first-order valence-electron chi connectivity index (χ1n) is 9.87. The number of aryl methyl sites for hydroxylation is 1. The number of rotatable bonds is 5. The largest absolute Gasteiger partial charge is 0.452 e. The third-order valence-electron chi connectivity index (χ3n) is 5.05. The summed E-state index contributed by atoms with van der Waals surface area (Å²) in [7, 11) is 0. The van der Waals surface area contributed by atoms with Crippen molar-refractivity contribution in [3.63, 3.8) is 0 Å². The zero-order valence-electron chi connectivity index (χ0n) is 16.8. The molecule has 30 heavy (non-hydrogen) atoms. The average molecular weight is 405 g/mol. The molecular formula is C23H23N3O4. The number of benzene rings is 2. The van der Waals surface area contributed by atoms with Crippen molar-refractivity contribution in [3.8, 4) is 16.9 Å². The fraction of sp³-hybridized carbons (Fsp3) is 0.261. The van der Waals surface area contributed by atoms with Gasteiger partial charge in [-0.2, -0.15) is 5.10 Å². The van der Waals surface area contributed by atoms with Crippen molar-refractivity contribution in [2.45, 2.75) is 6.92 Å². The number of nitrogens with zero attached hydrogens (tertiary/aromatic N) is 3. The lowest BCUT2D eigenvalue weighted by Crippen LogP contribution is -2.42. The summed E-state index contributed by atoms with van der Waals surface area (Å²) < 4.78 is 12.3. The van der Waals surface area contributed by atoms with E-state index in [0.29, 0.717) is 37.6 Å². The minimum Gasteiger partial charge on any atom is -0.452 e. The quantitative estimate of drug-likeness (QED) is 0.611. The lowest BCUT2D eigenvalue weighted by molar-refractivity contribution is -0.138. The average Bonchev–Trinajstić information content (AvgIpc) is 3.24. The van der Waals surface area contributed by atoms with E-state index in [1.165, 1.54) is 0 Å². The van der Waals surface area contributed by atoms with E-state index in [4.69, 9.17) is 9.47 Å². The minimum atomic E-state index is -0.572. The van der Waals surface area contributed by atoms with E-state index in [2.05, 4.69) is 5.10 Å². The molecule has 2 heterocycles. The van der Waals surface area contributed by atoms with E-state index >= 15 is 0 Å². The zero-order valence-corrected chi connectivity index (χ0v) is 16.8. The summed E-state index contributed by atoms with van der Waals surface area (Å²) in [6.07, 6.45) is 1.65. The van der Waals surface area contributed by atoms with Gasteiger partial charge in [-0.3, -0.25) is 4.79 Å². The van der Waals surface area contributed by atoms with Gasteiger partial charge < -0.3 is 14.4 Å². The molecule has 0 N–H and O–H groups in total. The Morgan fingerprint density at radius 1 is 1.03 bits per heavy atom. The molecule has 1 aliphatic rings. The topological polar surface area (TPSA) is 73.7 Å². The maximum absolute atomic E-state index is 12.9. The Bertz CT molecular complexity index is 1040. The SMILES string of the molecule is Cc1ccccc1-c1nn(-c2ccccc2)cc1C(=O)OCC(=O)N1CCOCC1. The van der Waals surface area contributed by atoms with Crippen LogP contribution >= 0.6 is 0 Å². The van der Waals surface area contributed by atoms with Crippen molar-refractivity contribution in [2.75, 3.05) is 32.9 Å². The van der Waals surface area contributed by atoms with Crippen molar-refractivity contribution >= 4 is 11.9 Å². The van der Waals surface area contributed by atoms with Crippen LogP contribution in [0.1, 0.15) is 15.9 Å². The molecule has 0 aliphatic carbocycles. The number of hydrogen-bond acceptors (Lipinski definition) is 5. The monoisotopic (exact) mass is 405 g/mol. The normalized spacial score (nSPS) is 13.8. The van der Waals surface area contributed by atoms with E-state index in [9.17, 15) is 9.59 Å². The molecule has 2 aromatic carbocycles. The molecule has 4 rings (SSSR count). The smallest absolute Gasteiger partial charge is 0.342 e. The first-order chi connectivity index (χ1) is 14.6. The van der Waals surface area contributed by atoms with Gasteiger partial charge in [-0.25, -0.2) is 9.48 Å². The highest BCUT2D eigenvalue weighted by molar-refractivity contribution is 5.97. The van der Waals surface area contributed by atoms with Crippen LogP contribution in [-0.4, -0.2) is 59.5 Å². The molecule has 1 fully saturated rings. The molecule has 1 amide bonds. The van der Waals surface area contributed by atoms with Crippen LogP contribution in [0, 0.1) is 6.92 Å². The summed E-state index contributed by atoms with van der Waals surface area (Å²) in [5, 5.41) is 4.65. The van der Waals surface area contributed by atoms with Gasteiger partial charge in [0.2, 0.25) is 0 Å². The van der Waals surface area contributed by atoms with Gasteiger partial charge in [0.25, 0.3) is 5.91 Å². The lowest BCUT2D eigenvalue weighted by atomic mass is 10.0. The second-order valence-electron chi connectivity index (χ2n) is 7.06. The van der Waals surface area contributed by atoms with Crippen molar-refractivity contribution in [1.29, 1.82) is 0 Å². The zero-order chi connectivity index (χ0) is 20.9. The molecule has 0 saturated carbocycles. The first-order valence-corrected chi connectivity index (χ1v) is 9.87. The molecule has 0 bridgehead atoms. The van der Waals surface area contributed by atoms with Crippen LogP contribution in [0.4, 0.5) is 0 Å². The lowest BCUT2D eigenvalue weighted by Gasteiger charge is -2.26. The molecular weight excluding hydrogens is 382 g/mol. The molecule has 7 heteroatoms. The van der Waals surface area contributed by atoms with Crippen molar-refractivity contribution in [2.24, 2.45) is 0 Å². The molecule has 154 valence electrons. The molecule has 0 atom stereocenters. The number of aromatic nitrogens is 2. The van der Waals surface area contributed by atoms with Crippen LogP contribution in [0.5, 0.6) is 0 Å². The molecule has 3 aromatic rings. The Hall–Kier alpha value is -3.45. The van der Waals surface area contributed by atoms with E-state index < -0.39 is 5.97 Å². The van der Waals surface area contributed by atoms with Gasteiger partial charge >= 0.3 is 5.97 Å². The second-order valence-corrected chi connectivity index (χ2v) is 7.06. The molecule has 7 nitrogen and oxygen atoms in total. The van der Waals surface area contributed by atoms with E-state index in [1.54, 1.807) is 15.8 Å². The second kappa shape index (κ2) is 8.92. The van der Waals surface area contributed by atoms with Crippen molar-refractivity contribution in [3.05, 3.63) is 71.9 Å². The van der Waals surface area contributed by atoms with Gasteiger partial charge in [-0.15, -0.1) is 0 Å². The molecule has 0 spiro atoms. The number of morpholine rings is 1. The minimum absolute atomic E-state index is 0.223. The van der Waals surface area contributed by atoms with Gasteiger partial charge in [-0.1, -0.05) is 42.5 Å². The molecule has 1 aliphatic heterocycles. The highest BCUT2D eigenvalue weighted by atomic mass is 16.5. The van der Waals surface area contributed by atoms with Crippen LogP contribution in [0.2, 0.25) is 0 Å². The predicted molar refractivity (Wildman–Crippen MR) is 111 cm³/mol. The fourth-order valence-corrected chi connectivity index (χ4v) is 3.38. The van der Waals surface area contributed by atoms with Gasteiger partial charge in [-0.05, 0) is 24.6 Å². The third kappa shape index (κ3) is 4.26. The standard InChI is InChI=1S/C23H23N3O4/c1-17-7-5-6-10-19(17)22-20(15-26(24-22)18-8-3-2-4-9-18)23(28)30-16-21(27)25-11-13-29-14-12-25/h2-10,15H,11-14,16H2,1H3. The number of esters is 1. The highest BCUT2D eigenvalue weighted by Gasteiger charge is 2.23. The van der Waals surface area contributed by atoms with Crippen LogP contribution in [-0.2, 0) is 14.3 Å². The van der Waals surface area contributed by atoms with Crippen molar-refractivity contribution < 1.29 is 19.1 Å². The van der Waals surface area contributed by atoms with Crippen LogP contribution in [0.15, 0.2) is 60.8 Å². The Morgan fingerprint density at radius 2 is 1.73 bits per heavy atom. The Morgan fingerprint density at radius 3 is 2.47 bits per heavy atom. The molecule has 0 unspecified atom stereocenters. The van der Waals surface area contributed by atoms with Crippen LogP contribution in [0.3, 0.4) is 0 Å². The summed E-state index contributed by atoms with van der Waals surface area (Å²) >= 11 is 0. The van der Waals surface area contributed by atoms with Crippen LogP contribution < -0.4 is 0 Å². The first kappa shape index (κ1) is 19.8. The third-order valence-corrected chi connectivity index (χ3v) is 5.05. The van der Waals surface area contributed by atoms with Crippen molar-refractivity contribution in [1.82, 2.24) is 14.7 Å². The molecule has 1 saturated heterocycles. The van der Waals surface area contributed by atoms with E-state index in [0.717, 1.165) is 16.8 Å². The fourth-order valence-electron chi connectivity index (χ4n) is 3.38. The summed E-state index contributed by atoms with van der Waals surface area (Å²) in [6.45, 7) is 3.69. The number of carbonyl (C=O) groups excluding carboxylic acids is 2. The Kier molecular flexibility index (Phi) is 5.90. The molecule has 1 aromatic heterocycles. The number of hydrogen-bond donors (Lipinski definition) is 0. The summed E-state index contributed by atoms with van der Waals surface area (Å²) in [5.41, 5.74) is 3.52.